The molecule has 5 heteroatoms. The van der Waals surface area contributed by atoms with Crippen LogP contribution in [0.15, 0.2) is 24.3 Å². The van der Waals surface area contributed by atoms with Crippen LogP contribution in [0.2, 0.25) is 0 Å². The van der Waals surface area contributed by atoms with E-state index in [2.05, 4.69) is 38.6 Å². The number of hydrogen-bond donors (Lipinski definition) is 2. The summed E-state index contributed by atoms with van der Waals surface area (Å²) in [5, 5.41) is 7.10. The highest BCUT2D eigenvalue weighted by atomic mass is 16.2. The van der Waals surface area contributed by atoms with Crippen molar-refractivity contribution in [3.63, 3.8) is 0 Å². The third-order valence-corrected chi connectivity index (χ3v) is 8.20. The Kier molecular flexibility index (Phi) is 6.51. The molecule has 2 saturated carbocycles. The Morgan fingerprint density at radius 2 is 1.68 bits per heavy atom. The summed E-state index contributed by atoms with van der Waals surface area (Å²) >= 11 is 0. The Hall–Kier alpha value is -1.59. The predicted octanol–water partition coefficient (Wildman–Crippen LogP) is 4.39. The van der Waals surface area contributed by atoms with Crippen molar-refractivity contribution in [3.05, 3.63) is 24.3 Å². The fourth-order valence-electron chi connectivity index (χ4n) is 6.05. The minimum absolute atomic E-state index is 0.189. The van der Waals surface area contributed by atoms with Gasteiger partial charge < -0.3 is 15.5 Å². The van der Waals surface area contributed by atoms with Gasteiger partial charge in [-0.3, -0.25) is 9.69 Å². The highest BCUT2D eigenvalue weighted by Crippen LogP contribution is 2.37. The van der Waals surface area contributed by atoms with Gasteiger partial charge in [-0.2, -0.15) is 0 Å². The Labute approximate surface area is 187 Å². The third-order valence-electron chi connectivity index (χ3n) is 8.20. The van der Waals surface area contributed by atoms with Crippen LogP contribution in [0.3, 0.4) is 0 Å². The molecule has 0 atom stereocenters. The maximum Gasteiger partial charge on any atom is 0.227 e. The average molecular weight is 425 g/mol. The molecule has 4 fully saturated rings. The van der Waals surface area contributed by atoms with Gasteiger partial charge in [0.05, 0.1) is 0 Å². The van der Waals surface area contributed by atoms with Crippen LogP contribution in [0.5, 0.6) is 0 Å². The maximum absolute atomic E-state index is 12.1. The minimum atomic E-state index is 0.189. The van der Waals surface area contributed by atoms with E-state index in [4.69, 9.17) is 0 Å². The van der Waals surface area contributed by atoms with E-state index in [1.807, 2.05) is 6.07 Å². The van der Waals surface area contributed by atoms with Crippen molar-refractivity contribution >= 4 is 17.3 Å². The van der Waals surface area contributed by atoms with E-state index in [0.717, 1.165) is 31.6 Å². The van der Waals surface area contributed by atoms with Crippen LogP contribution in [0, 0.1) is 5.92 Å². The van der Waals surface area contributed by atoms with Crippen LogP contribution in [0.4, 0.5) is 11.4 Å². The zero-order chi connectivity index (χ0) is 21.1. The fraction of sp³-hybridized carbons (Fsp3) is 0.731. The first-order valence-electron chi connectivity index (χ1n) is 12.9. The van der Waals surface area contributed by atoms with E-state index in [1.165, 1.54) is 83.1 Å². The van der Waals surface area contributed by atoms with Crippen LogP contribution in [0.25, 0.3) is 0 Å². The number of piperidine rings is 2. The quantitative estimate of drug-likeness (QED) is 0.681. The van der Waals surface area contributed by atoms with Crippen molar-refractivity contribution in [2.24, 2.45) is 5.92 Å². The number of anilines is 2. The highest BCUT2D eigenvalue weighted by molar-refractivity contribution is 5.94. The number of rotatable bonds is 7. The molecule has 0 unspecified atom stereocenters. The molecule has 31 heavy (non-hydrogen) atoms. The molecule has 2 aliphatic heterocycles. The van der Waals surface area contributed by atoms with Crippen LogP contribution in [-0.2, 0) is 4.79 Å². The number of nitrogens with zero attached hydrogens (tertiary/aromatic N) is 2. The van der Waals surface area contributed by atoms with Crippen LogP contribution < -0.4 is 15.5 Å². The monoisotopic (exact) mass is 424 g/mol. The van der Waals surface area contributed by atoms with Gasteiger partial charge in [0.15, 0.2) is 0 Å². The molecule has 5 nitrogen and oxygen atoms in total. The highest BCUT2D eigenvalue weighted by Gasteiger charge is 2.40. The lowest BCUT2D eigenvalue weighted by Gasteiger charge is -2.45. The number of likely N-dealkylation sites (tertiary alicyclic amines) is 1. The summed E-state index contributed by atoms with van der Waals surface area (Å²) in [5.41, 5.74) is 2.62. The number of amides is 1. The van der Waals surface area contributed by atoms with E-state index >= 15 is 0 Å². The minimum Gasteiger partial charge on any atom is -0.371 e. The fourth-order valence-corrected chi connectivity index (χ4v) is 6.05. The number of hydrogen-bond acceptors (Lipinski definition) is 4. The van der Waals surface area contributed by atoms with Crippen molar-refractivity contribution in [3.8, 4) is 0 Å². The Morgan fingerprint density at radius 3 is 2.39 bits per heavy atom. The van der Waals surface area contributed by atoms with Gasteiger partial charge in [0.2, 0.25) is 5.91 Å². The van der Waals surface area contributed by atoms with E-state index in [-0.39, 0.29) is 11.8 Å². The van der Waals surface area contributed by atoms with Gasteiger partial charge in [-0.15, -0.1) is 0 Å². The molecule has 0 aromatic heterocycles. The molecular formula is C26H40N4O. The standard InChI is InChI=1S/C26H40N4O/c31-25(21-9-10-21)28-23-7-6-8-24(19-23)29-17-11-22(12-18-29)27-20-26(13-2-3-14-26)30-15-4-1-5-16-30/h6-8,19,21-22,27H,1-5,9-18,20H2,(H,28,31). The lowest BCUT2D eigenvalue weighted by molar-refractivity contribution is -0.117. The second-order valence-electron chi connectivity index (χ2n) is 10.4. The molecule has 0 radical (unpaired) electrons. The second kappa shape index (κ2) is 9.50. The Balaban J connectivity index is 1.12. The SMILES string of the molecule is O=C(Nc1cccc(N2CCC(NCC3(N4CCCCC4)CCCC3)CC2)c1)C1CC1. The van der Waals surface area contributed by atoms with E-state index in [1.54, 1.807) is 0 Å². The molecule has 4 aliphatic rings. The van der Waals surface area contributed by atoms with Gasteiger partial charge in [0.1, 0.15) is 0 Å². The van der Waals surface area contributed by atoms with Crippen molar-refractivity contribution in [1.82, 2.24) is 10.2 Å². The summed E-state index contributed by atoms with van der Waals surface area (Å²) < 4.78 is 0. The van der Waals surface area contributed by atoms with E-state index in [9.17, 15) is 4.79 Å². The molecule has 2 saturated heterocycles. The summed E-state index contributed by atoms with van der Waals surface area (Å²) in [4.78, 5) is 17.4. The molecule has 1 amide bonds. The van der Waals surface area contributed by atoms with Crippen molar-refractivity contribution in [2.75, 3.05) is 42.9 Å². The summed E-state index contributed by atoms with van der Waals surface area (Å²) in [6.07, 6.45) is 14.3. The summed E-state index contributed by atoms with van der Waals surface area (Å²) in [5.74, 6) is 0.438. The first-order chi connectivity index (χ1) is 15.2. The lowest BCUT2D eigenvalue weighted by Crippen LogP contribution is -2.57. The summed E-state index contributed by atoms with van der Waals surface area (Å²) in [6, 6.07) is 9.06. The molecule has 2 N–H and O–H groups in total. The first kappa shape index (κ1) is 21.3. The largest absolute Gasteiger partial charge is 0.371 e. The molecule has 5 rings (SSSR count). The normalized spacial score (nSPS) is 25.0. The van der Waals surface area contributed by atoms with Crippen molar-refractivity contribution < 1.29 is 4.79 Å². The van der Waals surface area contributed by atoms with Gasteiger partial charge in [0, 0.05) is 48.5 Å². The summed E-state index contributed by atoms with van der Waals surface area (Å²) in [6.45, 7) is 5.99. The van der Waals surface area contributed by atoms with Gasteiger partial charge in [0.25, 0.3) is 0 Å². The second-order valence-corrected chi connectivity index (χ2v) is 10.4. The first-order valence-corrected chi connectivity index (χ1v) is 12.9. The Bertz CT molecular complexity index is 742. The van der Waals surface area contributed by atoms with E-state index < -0.39 is 0 Å². The van der Waals surface area contributed by atoms with Crippen LogP contribution >= 0.6 is 0 Å². The predicted molar refractivity (Wildman–Crippen MR) is 128 cm³/mol. The number of benzene rings is 1. The van der Waals surface area contributed by atoms with Gasteiger partial charge in [-0.05, 0) is 82.7 Å². The molecule has 2 aliphatic carbocycles. The Morgan fingerprint density at radius 1 is 0.935 bits per heavy atom. The topological polar surface area (TPSA) is 47.6 Å². The van der Waals surface area contributed by atoms with E-state index in [0.29, 0.717) is 11.6 Å². The van der Waals surface area contributed by atoms with Crippen molar-refractivity contribution in [2.45, 2.75) is 82.2 Å². The number of carbonyl (C=O) groups is 1. The maximum atomic E-state index is 12.1. The molecule has 170 valence electrons. The molecular weight excluding hydrogens is 384 g/mol. The zero-order valence-corrected chi connectivity index (χ0v) is 19.1. The molecule has 0 bridgehead atoms. The molecule has 0 spiro atoms. The third kappa shape index (κ3) is 5.09. The van der Waals surface area contributed by atoms with Gasteiger partial charge >= 0.3 is 0 Å². The number of carbonyl (C=O) groups excluding carboxylic acids is 1. The van der Waals surface area contributed by atoms with Crippen LogP contribution in [0.1, 0.15) is 70.6 Å². The lowest BCUT2D eigenvalue weighted by atomic mass is 9.91. The average Bonchev–Trinajstić information content (AvgIpc) is 3.57. The summed E-state index contributed by atoms with van der Waals surface area (Å²) in [7, 11) is 0. The zero-order valence-electron chi connectivity index (χ0n) is 19.1. The molecule has 1 aromatic carbocycles. The molecule has 2 heterocycles. The molecule has 1 aromatic rings. The van der Waals surface area contributed by atoms with Gasteiger partial charge in [-0.1, -0.05) is 25.3 Å². The van der Waals surface area contributed by atoms with Gasteiger partial charge in [-0.25, -0.2) is 0 Å². The van der Waals surface area contributed by atoms with Crippen LogP contribution in [-0.4, -0.2) is 55.1 Å². The number of nitrogens with one attached hydrogen (secondary N) is 2. The smallest absolute Gasteiger partial charge is 0.227 e. The van der Waals surface area contributed by atoms with Crippen molar-refractivity contribution in [1.29, 1.82) is 0 Å².